The molecule has 0 bridgehead atoms. The molecular formula is C17H17F3N2O2S. The lowest BCUT2D eigenvalue weighted by atomic mass is 10.1. The van der Waals surface area contributed by atoms with Gasteiger partial charge in [0.25, 0.3) is 5.91 Å². The van der Waals surface area contributed by atoms with Gasteiger partial charge in [0.05, 0.1) is 18.7 Å². The molecule has 0 unspecified atom stereocenters. The van der Waals surface area contributed by atoms with E-state index in [1.54, 1.807) is 18.4 Å². The smallest absolute Gasteiger partial charge is 0.343 e. The molecule has 2 aromatic rings. The average molecular weight is 370 g/mol. The van der Waals surface area contributed by atoms with E-state index in [-0.39, 0.29) is 18.0 Å². The van der Waals surface area contributed by atoms with Crippen molar-refractivity contribution in [2.24, 2.45) is 0 Å². The van der Waals surface area contributed by atoms with Crippen LogP contribution in [0.5, 0.6) is 0 Å². The van der Waals surface area contributed by atoms with Gasteiger partial charge in [0, 0.05) is 17.5 Å². The number of thiophene rings is 1. The van der Waals surface area contributed by atoms with Gasteiger partial charge in [0.15, 0.2) is 0 Å². The number of hydrogen-bond acceptors (Lipinski definition) is 3. The van der Waals surface area contributed by atoms with E-state index in [9.17, 15) is 22.8 Å². The number of aryl methyl sites for hydroxylation is 1. The largest absolute Gasteiger partial charge is 0.416 e. The maximum Gasteiger partial charge on any atom is 0.416 e. The van der Waals surface area contributed by atoms with Crippen molar-refractivity contribution < 1.29 is 22.8 Å². The summed E-state index contributed by atoms with van der Waals surface area (Å²) in [4.78, 5) is 26.6. The van der Waals surface area contributed by atoms with Crippen LogP contribution in [0, 0.1) is 6.92 Å². The topological polar surface area (TPSA) is 49.4 Å². The lowest BCUT2D eigenvalue weighted by Gasteiger charge is -2.17. The standard InChI is InChI=1S/C17H17F3N2O2S/c1-11-7-8-25-14(11)10-22(2)15(23)9-21-16(24)12-3-5-13(6-4-12)17(18,19)20/h3-8H,9-10H2,1-2H3,(H,21,24). The highest BCUT2D eigenvalue weighted by Gasteiger charge is 2.30. The van der Waals surface area contributed by atoms with Gasteiger partial charge in [-0.05, 0) is 48.2 Å². The van der Waals surface area contributed by atoms with Gasteiger partial charge in [-0.25, -0.2) is 0 Å². The number of nitrogens with zero attached hydrogens (tertiary/aromatic N) is 1. The molecule has 0 fully saturated rings. The van der Waals surface area contributed by atoms with Crippen molar-refractivity contribution in [3.63, 3.8) is 0 Å². The minimum atomic E-state index is -4.45. The summed E-state index contributed by atoms with van der Waals surface area (Å²) < 4.78 is 37.5. The molecule has 0 aliphatic heterocycles. The van der Waals surface area contributed by atoms with Crippen LogP contribution in [0.2, 0.25) is 0 Å². The quantitative estimate of drug-likeness (QED) is 0.876. The first kappa shape index (κ1) is 19.0. The number of halogens is 3. The molecule has 0 atom stereocenters. The van der Waals surface area contributed by atoms with Crippen molar-refractivity contribution in [1.82, 2.24) is 10.2 Å². The van der Waals surface area contributed by atoms with Gasteiger partial charge in [0.2, 0.25) is 5.91 Å². The van der Waals surface area contributed by atoms with Crippen LogP contribution in [-0.2, 0) is 17.5 Å². The van der Waals surface area contributed by atoms with Crippen LogP contribution in [0.25, 0.3) is 0 Å². The lowest BCUT2D eigenvalue weighted by molar-refractivity contribution is -0.137. The first-order valence-corrected chi connectivity index (χ1v) is 8.29. The number of benzene rings is 1. The van der Waals surface area contributed by atoms with E-state index in [2.05, 4.69) is 5.32 Å². The molecular weight excluding hydrogens is 353 g/mol. The highest BCUT2D eigenvalue weighted by Crippen LogP contribution is 2.29. The van der Waals surface area contributed by atoms with E-state index in [1.165, 1.54) is 4.90 Å². The summed E-state index contributed by atoms with van der Waals surface area (Å²) in [6, 6.07) is 5.80. The van der Waals surface area contributed by atoms with E-state index in [0.29, 0.717) is 6.54 Å². The number of rotatable bonds is 5. The minimum Gasteiger partial charge on any atom is -0.343 e. The van der Waals surface area contributed by atoms with Crippen LogP contribution < -0.4 is 5.32 Å². The van der Waals surface area contributed by atoms with Crippen molar-refractivity contribution in [3.8, 4) is 0 Å². The number of alkyl halides is 3. The summed E-state index contributed by atoms with van der Waals surface area (Å²) in [6.45, 7) is 2.18. The summed E-state index contributed by atoms with van der Waals surface area (Å²) in [5, 5.41) is 4.36. The molecule has 0 saturated heterocycles. The highest BCUT2D eigenvalue weighted by atomic mass is 32.1. The summed E-state index contributed by atoms with van der Waals surface area (Å²) in [7, 11) is 1.63. The van der Waals surface area contributed by atoms with Gasteiger partial charge in [-0.15, -0.1) is 11.3 Å². The van der Waals surface area contributed by atoms with E-state index >= 15 is 0 Å². The third-order valence-electron chi connectivity index (χ3n) is 3.65. The molecule has 0 radical (unpaired) electrons. The number of carbonyl (C=O) groups is 2. The van der Waals surface area contributed by atoms with Crippen molar-refractivity contribution in [2.75, 3.05) is 13.6 Å². The molecule has 1 aromatic heterocycles. The van der Waals surface area contributed by atoms with Crippen molar-refractivity contribution in [2.45, 2.75) is 19.6 Å². The number of likely N-dealkylation sites (N-methyl/N-ethyl adjacent to an activating group) is 1. The van der Waals surface area contributed by atoms with Crippen LogP contribution in [0.1, 0.15) is 26.4 Å². The molecule has 2 rings (SSSR count). The molecule has 134 valence electrons. The van der Waals surface area contributed by atoms with Crippen LogP contribution in [0.15, 0.2) is 35.7 Å². The highest BCUT2D eigenvalue weighted by molar-refractivity contribution is 7.10. The summed E-state index contributed by atoms with van der Waals surface area (Å²) in [5.74, 6) is -0.879. The number of amides is 2. The molecule has 25 heavy (non-hydrogen) atoms. The first-order chi connectivity index (χ1) is 11.7. The van der Waals surface area contributed by atoms with E-state index < -0.39 is 17.6 Å². The predicted molar refractivity (Wildman–Crippen MR) is 89.3 cm³/mol. The van der Waals surface area contributed by atoms with Crippen LogP contribution in [0.3, 0.4) is 0 Å². The van der Waals surface area contributed by atoms with E-state index in [0.717, 1.165) is 34.7 Å². The van der Waals surface area contributed by atoms with Gasteiger partial charge in [0.1, 0.15) is 0 Å². The zero-order valence-electron chi connectivity index (χ0n) is 13.7. The molecule has 8 heteroatoms. The normalized spacial score (nSPS) is 11.2. The fourth-order valence-electron chi connectivity index (χ4n) is 2.07. The second-order valence-electron chi connectivity index (χ2n) is 5.53. The molecule has 0 spiro atoms. The molecule has 0 saturated carbocycles. The van der Waals surface area contributed by atoms with Crippen molar-refractivity contribution in [3.05, 3.63) is 57.3 Å². The Labute approximate surface area is 147 Å². The van der Waals surface area contributed by atoms with Gasteiger partial charge >= 0.3 is 6.18 Å². The Morgan fingerprint density at radius 1 is 1.16 bits per heavy atom. The fourth-order valence-corrected chi connectivity index (χ4v) is 3.03. The Bertz CT molecular complexity index is 754. The Balaban J connectivity index is 1.88. The van der Waals surface area contributed by atoms with E-state index in [4.69, 9.17) is 0 Å². The maximum atomic E-state index is 12.5. The molecule has 2 amide bonds. The number of nitrogens with one attached hydrogen (secondary N) is 1. The Kier molecular flexibility index (Phi) is 5.84. The van der Waals surface area contributed by atoms with Crippen LogP contribution >= 0.6 is 11.3 Å². The Hall–Kier alpha value is -2.35. The minimum absolute atomic E-state index is 0.0672. The summed E-state index contributed by atoms with van der Waals surface area (Å²) in [5.41, 5.74) is 0.335. The summed E-state index contributed by atoms with van der Waals surface area (Å²) >= 11 is 1.55. The van der Waals surface area contributed by atoms with Crippen molar-refractivity contribution >= 4 is 23.2 Å². The molecule has 1 heterocycles. The van der Waals surface area contributed by atoms with Crippen LogP contribution in [-0.4, -0.2) is 30.3 Å². The van der Waals surface area contributed by atoms with E-state index in [1.807, 2.05) is 18.4 Å². The fraction of sp³-hybridized carbons (Fsp3) is 0.294. The molecule has 4 nitrogen and oxygen atoms in total. The monoisotopic (exact) mass is 370 g/mol. The maximum absolute atomic E-state index is 12.5. The second kappa shape index (κ2) is 7.69. The molecule has 1 N–H and O–H groups in total. The number of hydrogen-bond donors (Lipinski definition) is 1. The molecule has 1 aromatic carbocycles. The third kappa shape index (κ3) is 5.06. The number of carbonyl (C=O) groups excluding carboxylic acids is 2. The first-order valence-electron chi connectivity index (χ1n) is 7.41. The van der Waals surface area contributed by atoms with Gasteiger partial charge in [-0.2, -0.15) is 13.2 Å². The zero-order valence-corrected chi connectivity index (χ0v) is 14.5. The third-order valence-corrected chi connectivity index (χ3v) is 4.66. The van der Waals surface area contributed by atoms with Gasteiger partial charge in [-0.3, -0.25) is 9.59 Å². The van der Waals surface area contributed by atoms with Gasteiger partial charge in [-0.1, -0.05) is 0 Å². The zero-order chi connectivity index (χ0) is 18.6. The molecule has 0 aliphatic carbocycles. The van der Waals surface area contributed by atoms with Crippen molar-refractivity contribution in [1.29, 1.82) is 0 Å². The predicted octanol–water partition coefficient (Wildman–Crippen LogP) is 3.46. The lowest BCUT2D eigenvalue weighted by Crippen LogP contribution is -2.37. The SMILES string of the molecule is Cc1ccsc1CN(C)C(=O)CNC(=O)c1ccc(C(F)(F)F)cc1. The summed E-state index contributed by atoms with van der Waals surface area (Å²) in [6.07, 6.45) is -4.45. The Morgan fingerprint density at radius 2 is 1.80 bits per heavy atom. The van der Waals surface area contributed by atoms with Gasteiger partial charge < -0.3 is 10.2 Å². The van der Waals surface area contributed by atoms with Crippen LogP contribution in [0.4, 0.5) is 13.2 Å². The average Bonchev–Trinajstić information content (AvgIpc) is 2.96. The molecule has 0 aliphatic rings. The second-order valence-corrected chi connectivity index (χ2v) is 6.54. The Morgan fingerprint density at radius 3 is 2.32 bits per heavy atom.